The molecule has 3 rings (SSSR count). The second kappa shape index (κ2) is 10.4. The van der Waals surface area contributed by atoms with Crippen molar-refractivity contribution in [2.45, 2.75) is 39.3 Å². The summed E-state index contributed by atoms with van der Waals surface area (Å²) in [5.41, 5.74) is 9.00. The topological polar surface area (TPSA) is 93.8 Å². The van der Waals surface area contributed by atoms with Crippen LogP contribution in [0.1, 0.15) is 36.5 Å². The van der Waals surface area contributed by atoms with Crippen molar-refractivity contribution in [1.82, 2.24) is 14.9 Å². The lowest BCUT2D eigenvalue weighted by Gasteiger charge is -2.18. The predicted octanol–water partition coefficient (Wildman–Crippen LogP) is 2.41. The number of unbranched alkanes of at least 4 members (excludes halogenated alkanes) is 1. The molecule has 2 aromatic rings. The molecule has 0 fully saturated rings. The molecule has 0 atom stereocenters. The van der Waals surface area contributed by atoms with Crippen molar-refractivity contribution in [3.63, 3.8) is 0 Å². The van der Waals surface area contributed by atoms with E-state index in [-0.39, 0.29) is 18.3 Å². The number of nitrogen functional groups attached to an aromatic ring is 1. The number of fused-ring (bicyclic) bond motifs is 1. The molecule has 0 unspecified atom stereocenters. The molecule has 2 heterocycles. The molecule has 8 heteroatoms. The second-order valence-electron chi connectivity index (χ2n) is 7.60. The van der Waals surface area contributed by atoms with Gasteiger partial charge in [-0.3, -0.25) is 14.6 Å². The number of carbonyl (C=O) groups is 1. The van der Waals surface area contributed by atoms with E-state index in [2.05, 4.69) is 41.0 Å². The lowest BCUT2D eigenvalue weighted by Crippen LogP contribution is -2.27. The summed E-state index contributed by atoms with van der Waals surface area (Å²) in [5, 5.41) is 0. The van der Waals surface area contributed by atoms with E-state index < -0.39 is 0 Å². The van der Waals surface area contributed by atoms with Crippen molar-refractivity contribution in [2.24, 2.45) is 0 Å². The first-order valence-corrected chi connectivity index (χ1v) is 10.4. The third kappa shape index (κ3) is 5.46. The minimum Gasteiger partial charge on any atom is -0.463 e. The smallest absolute Gasteiger partial charge is 0.320 e. The summed E-state index contributed by atoms with van der Waals surface area (Å²) in [5.74, 6) is 0.847. The van der Waals surface area contributed by atoms with Gasteiger partial charge >= 0.3 is 6.01 Å². The van der Waals surface area contributed by atoms with Gasteiger partial charge in [-0.15, -0.1) is 0 Å². The van der Waals surface area contributed by atoms with Crippen LogP contribution in [0.3, 0.4) is 0 Å². The molecule has 8 nitrogen and oxygen atoms in total. The van der Waals surface area contributed by atoms with E-state index in [9.17, 15) is 4.79 Å². The van der Waals surface area contributed by atoms with Crippen LogP contribution in [0.5, 0.6) is 6.01 Å². The predicted molar refractivity (Wildman–Crippen MR) is 116 cm³/mol. The summed E-state index contributed by atoms with van der Waals surface area (Å²) in [6.07, 6.45) is 2.15. The Morgan fingerprint density at radius 2 is 1.90 bits per heavy atom. The summed E-state index contributed by atoms with van der Waals surface area (Å²) in [4.78, 5) is 25.2. The average Bonchev–Trinajstić information content (AvgIpc) is 3.04. The highest BCUT2D eigenvalue weighted by Gasteiger charge is 2.32. The van der Waals surface area contributed by atoms with E-state index in [0.29, 0.717) is 37.0 Å². The number of aromatic nitrogens is 2. The summed E-state index contributed by atoms with van der Waals surface area (Å²) in [6, 6.07) is 8.51. The van der Waals surface area contributed by atoms with Crippen LogP contribution in [-0.4, -0.2) is 54.7 Å². The third-order valence-corrected chi connectivity index (χ3v) is 5.10. The first-order valence-electron chi connectivity index (χ1n) is 10.4. The van der Waals surface area contributed by atoms with E-state index in [1.165, 1.54) is 5.56 Å². The fourth-order valence-electron chi connectivity index (χ4n) is 3.33. The molecule has 1 aromatic heterocycles. The van der Waals surface area contributed by atoms with Crippen LogP contribution < -0.4 is 15.4 Å². The van der Waals surface area contributed by atoms with Crippen molar-refractivity contribution >= 4 is 17.5 Å². The zero-order valence-corrected chi connectivity index (χ0v) is 18.1. The van der Waals surface area contributed by atoms with Crippen molar-refractivity contribution in [1.29, 1.82) is 0 Å². The monoisotopic (exact) mass is 413 g/mol. The maximum Gasteiger partial charge on any atom is 0.320 e. The molecular weight excluding hydrogens is 382 g/mol. The maximum atomic E-state index is 12.6. The number of hydrogen-bond donors (Lipinski definition) is 1. The van der Waals surface area contributed by atoms with Gasteiger partial charge < -0.3 is 15.2 Å². The first-order chi connectivity index (χ1) is 14.5. The number of methoxy groups -OCH3 is 1. The summed E-state index contributed by atoms with van der Waals surface area (Å²) >= 11 is 0. The summed E-state index contributed by atoms with van der Waals surface area (Å²) in [7, 11) is 3.77. The van der Waals surface area contributed by atoms with E-state index in [1.807, 2.05) is 12.1 Å². The maximum absolute atomic E-state index is 12.6. The zero-order chi connectivity index (χ0) is 21.5. The number of ether oxygens (including phenoxy) is 2. The number of anilines is 2. The Balaban J connectivity index is 1.69. The number of hydrogen-bond acceptors (Lipinski definition) is 7. The molecule has 0 spiro atoms. The van der Waals surface area contributed by atoms with Crippen molar-refractivity contribution in [3.05, 3.63) is 41.0 Å². The molecule has 1 amide bonds. The van der Waals surface area contributed by atoms with E-state index >= 15 is 0 Å². The number of benzene rings is 1. The van der Waals surface area contributed by atoms with Crippen molar-refractivity contribution in [2.75, 3.05) is 44.5 Å². The molecule has 0 saturated heterocycles. The van der Waals surface area contributed by atoms with E-state index in [1.54, 1.807) is 12.0 Å². The quantitative estimate of drug-likeness (QED) is 0.565. The first kappa shape index (κ1) is 22.0. The van der Waals surface area contributed by atoms with Crippen molar-refractivity contribution in [3.8, 4) is 6.01 Å². The molecule has 0 saturated carbocycles. The van der Waals surface area contributed by atoms with Gasteiger partial charge in [0.2, 0.25) is 5.91 Å². The largest absolute Gasteiger partial charge is 0.463 e. The highest BCUT2D eigenvalue weighted by Crippen LogP contribution is 2.33. The van der Waals surface area contributed by atoms with Gasteiger partial charge in [-0.25, -0.2) is 0 Å². The van der Waals surface area contributed by atoms with E-state index in [0.717, 1.165) is 31.5 Å². The van der Waals surface area contributed by atoms with Gasteiger partial charge in [0.25, 0.3) is 0 Å². The Bertz CT molecular complexity index is 857. The molecule has 0 aliphatic carbocycles. The van der Waals surface area contributed by atoms with Crippen molar-refractivity contribution < 1.29 is 14.3 Å². The lowest BCUT2D eigenvalue weighted by molar-refractivity contribution is -0.117. The number of amides is 1. The van der Waals surface area contributed by atoms with Gasteiger partial charge in [0.1, 0.15) is 11.6 Å². The number of nitrogens with zero attached hydrogens (tertiary/aromatic N) is 4. The Morgan fingerprint density at radius 1 is 1.17 bits per heavy atom. The Kier molecular flexibility index (Phi) is 7.59. The van der Waals surface area contributed by atoms with Gasteiger partial charge in [0.15, 0.2) is 0 Å². The van der Waals surface area contributed by atoms with Crippen LogP contribution in [0.25, 0.3) is 0 Å². The van der Waals surface area contributed by atoms with Gasteiger partial charge in [-0.1, -0.05) is 37.6 Å². The third-order valence-electron chi connectivity index (χ3n) is 5.10. The molecule has 2 N–H and O–H groups in total. The molecule has 162 valence electrons. The molecule has 30 heavy (non-hydrogen) atoms. The number of rotatable bonds is 11. The standard InChI is InChI=1S/C22H31N5O3/c1-4-5-11-30-22-24-20(23)18-13-19(28)27(21(18)25-22)15-17-8-6-16(7-9-17)14-26(2)10-12-29-3/h6-9H,4-5,10-15H2,1-3H3,(H2,23,24,25). The normalized spacial score (nSPS) is 13.2. The van der Waals surface area contributed by atoms with Crippen LogP contribution in [0, 0.1) is 0 Å². The second-order valence-corrected chi connectivity index (χ2v) is 7.60. The SMILES string of the molecule is CCCCOc1nc(N)c2c(n1)N(Cc1ccc(CN(C)CCOC)cc1)C(=O)C2. The highest BCUT2D eigenvalue weighted by atomic mass is 16.5. The van der Waals surface area contributed by atoms with E-state index in [4.69, 9.17) is 15.2 Å². The molecule has 0 radical (unpaired) electrons. The minimum atomic E-state index is -0.0277. The van der Waals surface area contributed by atoms with Crippen LogP contribution >= 0.6 is 0 Å². The molecule has 0 bridgehead atoms. The average molecular weight is 414 g/mol. The summed E-state index contributed by atoms with van der Waals surface area (Å²) in [6.45, 7) is 5.49. The van der Waals surface area contributed by atoms with Crippen LogP contribution in [0.15, 0.2) is 24.3 Å². The Morgan fingerprint density at radius 3 is 2.60 bits per heavy atom. The molecule has 1 aliphatic rings. The Labute approximate surface area is 178 Å². The molecule has 1 aliphatic heterocycles. The van der Waals surface area contributed by atoms with Gasteiger partial charge in [0, 0.05) is 25.8 Å². The minimum absolute atomic E-state index is 0.0277. The highest BCUT2D eigenvalue weighted by molar-refractivity contribution is 6.01. The van der Waals surface area contributed by atoms with Gasteiger partial charge in [0.05, 0.1) is 26.2 Å². The Hall–Kier alpha value is -2.71. The number of likely N-dealkylation sites (N-methyl/N-ethyl adjacent to an activating group) is 1. The fraction of sp³-hybridized carbons (Fsp3) is 0.500. The zero-order valence-electron chi connectivity index (χ0n) is 18.1. The van der Waals surface area contributed by atoms with Gasteiger partial charge in [-0.05, 0) is 24.6 Å². The van der Waals surface area contributed by atoms with Crippen LogP contribution in [-0.2, 0) is 29.0 Å². The fourth-order valence-corrected chi connectivity index (χ4v) is 3.33. The van der Waals surface area contributed by atoms with Gasteiger partial charge in [-0.2, -0.15) is 9.97 Å². The van der Waals surface area contributed by atoms with Crippen LogP contribution in [0.2, 0.25) is 0 Å². The lowest BCUT2D eigenvalue weighted by atomic mass is 10.1. The number of nitrogens with two attached hydrogens (primary N) is 1. The summed E-state index contributed by atoms with van der Waals surface area (Å²) < 4.78 is 10.7. The molecule has 1 aromatic carbocycles. The molecular formula is C22H31N5O3. The van der Waals surface area contributed by atoms with Crippen LogP contribution in [0.4, 0.5) is 11.6 Å². The number of carbonyl (C=O) groups excluding carboxylic acids is 1.